The fourth-order valence-corrected chi connectivity index (χ4v) is 2.14. The summed E-state index contributed by atoms with van der Waals surface area (Å²) in [5.74, 6) is 0. The number of nitrogens with two attached hydrogens (primary N) is 1. The van der Waals surface area contributed by atoms with Crippen molar-refractivity contribution in [1.82, 2.24) is 23.7 Å². The number of nitrogen functional groups attached to an aromatic ring is 1. The van der Waals surface area contributed by atoms with Crippen molar-refractivity contribution in [3.8, 4) is 0 Å². The molecule has 0 radical (unpaired) electrons. The molecule has 3 aromatic heterocycles. The van der Waals surface area contributed by atoms with Crippen molar-refractivity contribution in [2.45, 2.75) is 19.5 Å². The van der Waals surface area contributed by atoms with Crippen molar-refractivity contribution in [3.63, 3.8) is 0 Å². The standard InChI is InChI=1S/C13H14N6O2/c14-10-2-3-12(20)17(9-10)5-1-6-19-13(21)18-7-4-15-8-11(18)16-19/h2-4,7-9H,1,5-6,14H2. The minimum atomic E-state index is -0.215. The predicted molar refractivity (Wildman–Crippen MR) is 77.0 cm³/mol. The molecule has 0 aliphatic heterocycles. The van der Waals surface area contributed by atoms with Crippen LogP contribution in [0, 0.1) is 0 Å². The van der Waals surface area contributed by atoms with Gasteiger partial charge in [0.1, 0.15) is 0 Å². The summed E-state index contributed by atoms with van der Waals surface area (Å²) < 4.78 is 4.33. The molecule has 0 spiro atoms. The van der Waals surface area contributed by atoms with Crippen molar-refractivity contribution in [3.05, 3.63) is 57.8 Å². The quantitative estimate of drug-likeness (QED) is 0.711. The minimum absolute atomic E-state index is 0.115. The van der Waals surface area contributed by atoms with Crippen LogP contribution >= 0.6 is 0 Å². The van der Waals surface area contributed by atoms with E-state index in [0.29, 0.717) is 30.8 Å². The molecule has 8 nitrogen and oxygen atoms in total. The normalized spacial score (nSPS) is 11.0. The SMILES string of the molecule is Nc1ccc(=O)n(CCCn2nc3cnccn3c2=O)c1. The van der Waals surface area contributed by atoms with E-state index < -0.39 is 0 Å². The lowest BCUT2D eigenvalue weighted by Crippen LogP contribution is -2.24. The van der Waals surface area contributed by atoms with Crippen LogP contribution in [0.1, 0.15) is 6.42 Å². The number of hydrogen-bond acceptors (Lipinski definition) is 5. The number of pyridine rings is 1. The van der Waals surface area contributed by atoms with Gasteiger partial charge >= 0.3 is 5.69 Å². The molecule has 0 saturated carbocycles. The van der Waals surface area contributed by atoms with Crippen LogP contribution in [0.3, 0.4) is 0 Å². The maximum Gasteiger partial charge on any atom is 0.350 e. The first-order valence-electron chi connectivity index (χ1n) is 6.50. The third-order valence-corrected chi connectivity index (χ3v) is 3.16. The zero-order chi connectivity index (χ0) is 14.8. The molecule has 0 aliphatic rings. The summed E-state index contributed by atoms with van der Waals surface area (Å²) in [5.41, 5.74) is 6.35. The number of nitrogens with zero attached hydrogens (tertiary/aromatic N) is 5. The van der Waals surface area contributed by atoms with E-state index in [1.165, 1.54) is 32.1 Å². The lowest BCUT2D eigenvalue weighted by Gasteiger charge is -2.05. The van der Waals surface area contributed by atoms with Gasteiger partial charge in [0, 0.05) is 43.4 Å². The highest BCUT2D eigenvalue weighted by Gasteiger charge is 2.06. The fourth-order valence-electron chi connectivity index (χ4n) is 2.14. The summed E-state index contributed by atoms with van der Waals surface area (Å²) in [7, 11) is 0. The molecule has 0 atom stereocenters. The Hall–Kier alpha value is -2.90. The Kier molecular flexibility index (Phi) is 3.27. The Morgan fingerprint density at radius 3 is 2.86 bits per heavy atom. The molecule has 2 N–H and O–H groups in total. The number of hydrogen-bond donors (Lipinski definition) is 1. The van der Waals surface area contributed by atoms with E-state index >= 15 is 0 Å². The zero-order valence-electron chi connectivity index (χ0n) is 11.2. The smallest absolute Gasteiger partial charge is 0.350 e. The first-order chi connectivity index (χ1) is 10.1. The Bertz CT molecular complexity index is 891. The second-order valence-electron chi connectivity index (χ2n) is 4.66. The summed E-state index contributed by atoms with van der Waals surface area (Å²) in [4.78, 5) is 27.6. The van der Waals surface area contributed by atoms with Crippen molar-refractivity contribution >= 4 is 11.3 Å². The number of fused-ring (bicyclic) bond motifs is 1. The third kappa shape index (κ3) is 2.55. The van der Waals surface area contributed by atoms with E-state index in [9.17, 15) is 9.59 Å². The minimum Gasteiger partial charge on any atom is -0.398 e. The summed E-state index contributed by atoms with van der Waals surface area (Å²) in [6.45, 7) is 0.893. The van der Waals surface area contributed by atoms with Gasteiger partial charge in [0.2, 0.25) is 0 Å². The van der Waals surface area contributed by atoms with Crippen LogP contribution in [-0.2, 0) is 13.1 Å². The van der Waals surface area contributed by atoms with Gasteiger partial charge in [0.05, 0.1) is 6.20 Å². The average molecular weight is 286 g/mol. The van der Waals surface area contributed by atoms with Gasteiger partial charge < -0.3 is 10.3 Å². The molecule has 0 amide bonds. The van der Waals surface area contributed by atoms with Crippen molar-refractivity contribution in [2.24, 2.45) is 0 Å². The number of aromatic nitrogens is 5. The molecule has 0 unspecified atom stereocenters. The molecule has 3 aromatic rings. The van der Waals surface area contributed by atoms with Crippen LogP contribution in [0.25, 0.3) is 5.65 Å². The van der Waals surface area contributed by atoms with Crippen LogP contribution in [0.4, 0.5) is 5.69 Å². The van der Waals surface area contributed by atoms with Gasteiger partial charge in [-0.05, 0) is 12.5 Å². The summed E-state index contributed by atoms with van der Waals surface area (Å²) in [5, 5.41) is 4.18. The molecule has 0 aliphatic carbocycles. The second kappa shape index (κ2) is 5.23. The molecule has 21 heavy (non-hydrogen) atoms. The summed E-state index contributed by atoms with van der Waals surface area (Å²) >= 11 is 0. The van der Waals surface area contributed by atoms with E-state index in [4.69, 9.17) is 5.73 Å². The first kappa shape index (κ1) is 13.1. The third-order valence-electron chi connectivity index (χ3n) is 3.16. The van der Waals surface area contributed by atoms with E-state index in [2.05, 4.69) is 10.1 Å². The van der Waals surface area contributed by atoms with Crippen LogP contribution < -0.4 is 17.0 Å². The molecule has 0 bridgehead atoms. The van der Waals surface area contributed by atoms with Gasteiger partial charge in [-0.2, -0.15) is 0 Å². The van der Waals surface area contributed by atoms with Crippen molar-refractivity contribution < 1.29 is 0 Å². The van der Waals surface area contributed by atoms with E-state index in [1.807, 2.05) is 0 Å². The number of aryl methyl sites for hydroxylation is 2. The van der Waals surface area contributed by atoms with Gasteiger partial charge in [-0.25, -0.2) is 13.9 Å². The molecule has 3 heterocycles. The lowest BCUT2D eigenvalue weighted by atomic mass is 10.3. The van der Waals surface area contributed by atoms with Gasteiger partial charge in [-0.1, -0.05) is 0 Å². The molecule has 8 heteroatoms. The highest BCUT2D eigenvalue weighted by Crippen LogP contribution is 1.98. The average Bonchev–Trinajstić information content (AvgIpc) is 2.80. The molecule has 0 saturated heterocycles. The largest absolute Gasteiger partial charge is 0.398 e. The fraction of sp³-hybridized carbons (Fsp3) is 0.231. The van der Waals surface area contributed by atoms with Crippen LogP contribution in [0.2, 0.25) is 0 Å². The van der Waals surface area contributed by atoms with Crippen LogP contribution in [0.5, 0.6) is 0 Å². The monoisotopic (exact) mass is 286 g/mol. The van der Waals surface area contributed by atoms with E-state index in [-0.39, 0.29) is 11.2 Å². The maximum absolute atomic E-state index is 12.0. The predicted octanol–water partition coefficient (Wildman–Crippen LogP) is -0.275. The van der Waals surface area contributed by atoms with E-state index in [1.54, 1.807) is 18.5 Å². The van der Waals surface area contributed by atoms with Crippen LogP contribution in [0.15, 0.2) is 46.5 Å². The Morgan fingerprint density at radius 1 is 1.19 bits per heavy atom. The Labute approximate surface area is 119 Å². The lowest BCUT2D eigenvalue weighted by molar-refractivity contribution is 0.509. The highest BCUT2D eigenvalue weighted by atomic mass is 16.2. The number of rotatable bonds is 4. The summed E-state index contributed by atoms with van der Waals surface area (Å²) in [6, 6.07) is 3.00. The molecular weight excluding hydrogens is 272 g/mol. The zero-order valence-corrected chi connectivity index (χ0v) is 11.2. The van der Waals surface area contributed by atoms with Gasteiger partial charge in [-0.3, -0.25) is 9.78 Å². The van der Waals surface area contributed by atoms with Gasteiger partial charge in [-0.15, -0.1) is 5.10 Å². The van der Waals surface area contributed by atoms with Crippen molar-refractivity contribution in [2.75, 3.05) is 5.73 Å². The van der Waals surface area contributed by atoms with Gasteiger partial charge in [0.15, 0.2) is 5.65 Å². The molecule has 108 valence electrons. The molecule has 3 rings (SSSR count). The second-order valence-corrected chi connectivity index (χ2v) is 4.66. The van der Waals surface area contributed by atoms with Crippen LogP contribution in [-0.4, -0.2) is 23.7 Å². The topological polar surface area (TPSA) is 100 Å². The van der Waals surface area contributed by atoms with Gasteiger partial charge in [0.25, 0.3) is 5.56 Å². The first-order valence-corrected chi connectivity index (χ1v) is 6.50. The number of anilines is 1. The Balaban J connectivity index is 1.75. The molecule has 0 fully saturated rings. The van der Waals surface area contributed by atoms with E-state index in [0.717, 1.165) is 0 Å². The summed E-state index contributed by atoms with van der Waals surface area (Å²) in [6.07, 6.45) is 6.83. The Morgan fingerprint density at radius 2 is 2.05 bits per heavy atom. The highest BCUT2D eigenvalue weighted by molar-refractivity contribution is 5.33. The van der Waals surface area contributed by atoms with Crippen molar-refractivity contribution in [1.29, 1.82) is 0 Å². The maximum atomic E-state index is 12.0. The molecular formula is C13H14N6O2. The molecule has 0 aromatic carbocycles.